The van der Waals surface area contributed by atoms with Crippen molar-refractivity contribution < 1.29 is 9.84 Å². The van der Waals surface area contributed by atoms with Crippen LogP contribution in [-0.2, 0) is 6.42 Å². The largest absolute Gasteiger partial charge is 0.495 e. The van der Waals surface area contributed by atoms with E-state index in [0.717, 1.165) is 12.1 Å². The average molecular weight is 203 g/mol. The number of H-pyrrole nitrogens is 1. The van der Waals surface area contributed by atoms with Gasteiger partial charge in [-0.25, -0.2) is 0 Å². The van der Waals surface area contributed by atoms with E-state index in [9.17, 15) is 5.11 Å². The number of nitrogens with one attached hydrogen (secondary N) is 1. The van der Waals surface area contributed by atoms with E-state index < -0.39 is 0 Å². The summed E-state index contributed by atoms with van der Waals surface area (Å²) in [5, 5.41) is 9.31. The molecule has 3 heteroatoms. The fourth-order valence-corrected chi connectivity index (χ4v) is 1.58. The van der Waals surface area contributed by atoms with Crippen LogP contribution in [-0.4, -0.2) is 17.2 Å². The number of methoxy groups -OCH3 is 1. The molecule has 0 saturated carbocycles. The third kappa shape index (κ3) is 2.13. The second kappa shape index (κ2) is 4.09. The molecular formula is C12H13NO2. The molecule has 15 heavy (non-hydrogen) atoms. The summed E-state index contributed by atoms with van der Waals surface area (Å²) in [6.07, 6.45) is 0.727. The van der Waals surface area contributed by atoms with Gasteiger partial charge in [-0.1, -0.05) is 30.3 Å². The number of hydrogen-bond acceptors (Lipinski definition) is 2. The third-order valence-corrected chi connectivity index (χ3v) is 2.29. The van der Waals surface area contributed by atoms with Crippen molar-refractivity contribution in [1.29, 1.82) is 0 Å². The molecule has 3 nitrogen and oxygen atoms in total. The van der Waals surface area contributed by atoms with Gasteiger partial charge in [-0.15, -0.1) is 0 Å². The summed E-state index contributed by atoms with van der Waals surface area (Å²) in [5.41, 5.74) is 2.07. The number of aromatic nitrogens is 1. The molecule has 1 aromatic heterocycles. The molecule has 1 heterocycles. The van der Waals surface area contributed by atoms with Crippen LogP contribution in [0.25, 0.3) is 0 Å². The second-order valence-electron chi connectivity index (χ2n) is 3.36. The maximum atomic E-state index is 9.31. The normalized spacial score (nSPS) is 10.2. The minimum atomic E-state index is 0.137. The van der Waals surface area contributed by atoms with Crippen LogP contribution in [0.1, 0.15) is 11.3 Å². The van der Waals surface area contributed by atoms with Crippen LogP contribution in [0.2, 0.25) is 0 Å². The highest BCUT2D eigenvalue weighted by Crippen LogP contribution is 2.25. The van der Waals surface area contributed by atoms with Gasteiger partial charge in [0.25, 0.3) is 0 Å². The first kappa shape index (κ1) is 9.65. The molecule has 2 N–H and O–H groups in total. The summed E-state index contributed by atoms with van der Waals surface area (Å²) in [7, 11) is 1.59. The third-order valence-electron chi connectivity index (χ3n) is 2.29. The van der Waals surface area contributed by atoms with Crippen molar-refractivity contribution in [2.24, 2.45) is 0 Å². The summed E-state index contributed by atoms with van der Waals surface area (Å²) < 4.78 is 5.15. The van der Waals surface area contributed by atoms with Gasteiger partial charge in [0.05, 0.1) is 12.8 Å². The Bertz CT molecular complexity index is 434. The van der Waals surface area contributed by atoms with Gasteiger partial charge in [0.2, 0.25) is 0 Å². The number of ether oxygens (including phenoxy) is 1. The zero-order valence-electron chi connectivity index (χ0n) is 8.53. The monoisotopic (exact) mass is 203 g/mol. The van der Waals surface area contributed by atoms with E-state index in [-0.39, 0.29) is 5.88 Å². The first-order valence-electron chi connectivity index (χ1n) is 4.78. The molecule has 78 valence electrons. The summed E-state index contributed by atoms with van der Waals surface area (Å²) >= 11 is 0. The molecule has 0 aliphatic carbocycles. The lowest BCUT2D eigenvalue weighted by molar-refractivity contribution is 0.409. The van der Waals surface area contributed by atoms with Crippen LogP contribution < -0.4 is 4.74 Å². The van der Waals surface area contributed by atoms with Crippen molar-refractivity contribution in [2.75, 3.05) is 7.11 Å². The molecule has 0 atom stereocenters. The number of hydrogen-bond donors (Lipinski definition) is 2. The Balaban J connectivity index is 2.24. The Morgan fingerprint density at radius 3 is 2.67 bits per heavy atom. The first-order chi connectivity index (χ1) is 7.29. The van der Waals surface area contributed by atoms with E-state index in [1.807, 2.05) is 30.3 Å². The van der Waals surface area contributed by atoms with E-state index in [1.54, 1.807) is 13.2 Å². The maximum absolute atomic E-state index is 9.31. The van der Waals surface area contributed by atoms with E-state index in [0.29, 0.717) is 5.75 Å². The van der Waals surface area contributed by atoms with Crippen molar-refractivity contribution in [3.63, 3.8) is 0 Å². The van der Waals surface area contributed by atoms with E-state index in [2.05, 4.69) is 4.98 Å². The molecule has 0 bridgehead atoms. The molecule has 0 fully saturated rings. The Kier molecular flexibility index (Phi) is 2.63. The lowest BCUT2D eigenvalue weighted by atomic mass is 10.1. The lowest BCUT2D eigenvalue weighted by Gasteiger charge is -2.02. The highest BCUT2D eigenvalue weighted by atomic mass is 16.5. The molecule has 1 aromatic carbocycles. The van der Waals surface area contributed by atoms with Gasteiger partial charge in [-0.3, -0.25) is 0 Å². The minimum Gasteiger partial charge on any atom is -0.495 e. The smallest absolute Gasteiger partial charge is 0.192 e. The van der Waals surface area contributed by atoms with E-state index in [1.165, 1.54) is 5.56 Å². The van der Waals surface area contributed by atoms with Crippen molar-refractivity contribution >= 4 is 0 Å². The van der Waals surface area contributed by atoms with Crippen molar-refractivity contribution in [3.8, 4) is 11.6 Å². The molecule has 0 aliphatic rings. The van der Waals surface area contributed by atoms with Crippen molar-refractivity contribution in [3.05, 3.63) is 47.7 Å². The predicted molar refractivity (Wildman–Crippen MR) is 58.3 cm³/mol. The number of aromatic hydroxyl groups is 1. The van der Waals surface area contributed by atoms with Gasteiger partial charge < -0.3 is 14.8 Å². The molecule has 2 rings (SSSR count). The van der Waals surface area contributed by atoms with Crippen LogP contribution in [0.3, 0.4) is 0 Å². The SMILES string of the molecule is COc1cc(O)[nH]c1Cc1ccccc1. The number of aromatic amines is 1. The molecule has 2 aromatic rings. The van der Waals surface area contributed by atoms with Crippen LogP contribution >= 0.6 is 0 Å². The fraction of sp³-hybridized carbons (Fsp3) is 0.167. The van der Waals surface area contributed by atoms with Gasteiger partial charge >= 0.3 is 0 Å². The van der Waals surface area contributed by atoms with Crippen LogP contribution in [0, 0.1) is 0 Å². The van der Waals surface area contributed by atoms with Gasteiger partial charge in [-0.05, 0) is 5.56 Å². The summed E-state index contributed by atoms with van der Waals surface area (Å²) in [5.74, 6) is 0.828. The number of rotatable bonds is 3. The average Bonchev–Trinajstić information content (AvgIpc) is 2.60. The molecule has 0 aliphatic heterocycles. The Labute approximate surface area is 88.3 Å². The number of benzene rings is 1. The standard InChI is InChI=1S/C12H13NO2/c1-15-11-8-12(14)13-10(11)7-9-5-3-2-4-6-9/h2-6,8,13-14H,7H2,1H3. The van der Waals surface area contributed by atoms with Gasteiger partial charge in [-0.2, -0.15) is 0 Å². The first-order valence-corrected chi connectivity index (χ1v) is 4.78. The molecule has 0 saturated heterocycles. The van der Waals surface area contributed by atoms with Crippen LogP contribution in [0.15, 0.2) is 36.4 Å². The zero-order chi connectivity index (χ0) is 10.7. The fourth-order valence-electron chi connectivity index (χ4n) is 1.58. The van der Waals surface area contributed by atoms with Gasteiger partial charge in [0.15, 0.2) is 5.88 Å². The van der Waals surface area contributed by atoms with Crippen molar-refractivity contribution in [1.82, 2.24) is 4.98 Å². The quantitative estimate of drug-likeness (QED) is 0.804. The predicted octanol–water partition coefficient (Wildman–Crippen LogP) is 2.32. The summed E-state index contributed by atoms with van der Waals surface area (Å²) in [4.78, 5) is 2.87. The molecule has 0 spiro atoms. The van der Waals surface area contributed by atoms with Gasteiger partial charge in [0, 0.05) is 12.5 Å². The molecular weight excluding hydrogens is 190 g/mol. The molecule has 0 amide bonds. The minimum absolute atomic E-state index is 0.137. The van der Waals surface area contributed by atoms with E-state index in [4.69, 9.17) is 4.74 Å². The maximum Gasteiger partial charge on any atom is 0.192 e. The molecule has 0 radical (unpaired) electrons. The lowest BCUT2D eigenvalue weighted by Crippen LogP contribution is -1.91. The summed E-state index contributed by atoms with van der Waals surface area (Å²) in [6.45, 7) is 0. The highest BCUT2D eigenvalue weighted by molar-refractivity contribution is 5.38. The van der Waals surface area contributed by atoms with Crippen LogP contribution in [0.5, 0.6) is 11.6 Å². The van der Waals surface area contributed by atoms with Crippen LogP contribution in [0.4, 0.5) is 0 Å². The highest BCUT2D eigenvalue weighted by Gasteiger charge is 2.07. The Morgan fingerprint density at radius 2 is 2.00 bits per heavy atom. The second-order valence-corrected chi connectivity index (χ2v) is 3.36. The van der Waals surface area contributed by atoms with E-state index >= 15 is 0 Å². The Morgan fingerprint density at radius 1 is 1.27 bits per heavy atom. The summed E-state index contributed by atoms with van der Waals surface area (Å²) in [6, 6.07) is 11.6. The van der Waals surface area contributed by atoms with Crippen molar-refractivity contribution in [2.45, 2.75) is 6.42 Å². The zero-order valence-corrected chi connectivity index (χ0v) is 8.53. The van der Waals surface area contributed by atoms with Gasteiger partial charge in [0.1, 0.15) is 5.75 Å². The Hall–Kier alpha value is -1.90. The topological polar surface area (TPSA) is 45.2 Å². The molecule has 0 unspecified atom stereocenters.